The van der Waals surface area contributed by atoms with E-state index in [9.17, 15) is 22.4 Å². The van der Waals surface area contributed by atoms with Gasteiger partial charge in [-0.3, -0.25) is 4.79 Å². The molecular formula is C9H5BrF4O2. The van der Waals surface area contributed by atoms with Crippen LogP contribution in [0.1, 0.15) is 11.1 Å². The molecule has 1 N–H and O–H groups in total. The Kier molecular flexibility index (Phi) is 3.57. The fourth-order valence-electron chi connectivity index (χ4n) is 1.25. The van der Waals surface area contributed by atoms with E-state index in [1.54, 1.807) is 0 Å². The van der Waals surface area contributed by atoms with E-state index in [1.165, 1.54) is 0 Å². The fraction of sp³-hybridized carbons (Fsp3) is 0.222. The zero-order valence-electron chi connectivity index (χ0n) is 7.61. The van der Waals surface area contributed by atoms with Gasteiger partial charge in [0.2, 0.25) is 0 Å². The molecule has 88 valence electrons. The van der Waals surface area contributed by atoms with Crippen molar-refractivity contribution in [1.82, 2.24) is 0 Å². The molecule has 1 aromatic carbocycles. The molecule has 1 aromatic rings. The third-order valence-corrected chi connectivity index (χ3v) is 2.39. The fourth-order valence-corrected chi connectivity index (χ4v) is 1.94. The quantitative estimate of drug-likeness (QED) is 0.852. The van der Waals surface area contributed by atoms with Crippen LogP contribution < -0.4 is 0 Å². The molecule has 0 heterocycles. The zero-order chi connectivity index (χ0) is 12.5. The molecule has 0 saturated carbocycles. The van der Waals surface area contributed by atoms with Gasteiger partial charge in [-0.25, -0.2) is 4.39 Å². The van der Waals surface area contributed by atoms with Crippen molar-refractivity contribution in [1.29, 1.82) is 0 Å². The first-order chi connectivity index (χ1) is 7.21. The van der Waals surface area contributed by atoms with Gasteiger partial charge in [0.05, 0.1) is 12.0 Å². The van der Waals surface area contributed by atoms with Gasteiger partial charge in [-0.2, -0.15) is 13.2 Å². The van der Waals surface area contributed by atoms with Gasteiger partial charge in [-0.15, -0.1) is 0 Å². The van der Waals surface area contributed by atoms with Crippen LogP contribution in [0.15, 0.2) is 16.6 Å². The molecule has 0 unspecified atom stereocenters. The normalized spacial score (nSPS) is 11.6. The average Bonchev–Trinajstić information content (AvgIpc) is 1.96. The molecule has 0 atom stereocenters. The molecule has 0 spiro atoms. The Morgan fingerprint density at radius 3 is 2.38 bits per heavy atom. The highest BCUT2D eigenvalue weighted by Gasteiger charge is 2.36. The SMILES string of the molecule is O=C(O)Cc1cc(F)cc(Br)c1C(F)(F)F. The van der Waals surface area contributed by atoms with E-state index >= 15 is 0 Å². The Morgan fingerprint density at radius 2 is 1.94 bits per heavy atom. The number of aliphatic carboxylic acids is 1. The van der Waals surface area contributed by atoms with Crippen LogP contribution >= 0.6 is 15.9 Å². The van der Waals surface area contributed by atoms with Crippen molar-refractivity contribution in [3.05, 3.63) is 33.5 Å². The lowest BCUT2D eigenvalue weighted by molar-refractivity contribution is -0.140. The molecule has 0 aliphatic heterocycles. The minimum atomic E-state index is -4.72. The summed E-state index contributed by atoms with van der Waals surface area (Å²) in [5, 5.41) is 8.43. The van der Waals surface area contributed by atoms with Crippen LogP contribution in [0.2, 0.25) is 0 Å². The summed E-state index contributed by atoms with van der Waals surface area (Å²) >= 11 is 2.57. The number of carboxylic acids is 1. The Bertz CT molecular complexity index is 428. The third-order valence-electron chi connectivity index (χ3n) is 1.76. The minimum Gasteiger partial charge on any atom is -0.481 e. The summed E-state index contributed by atoms with van der Waals surface area (Å²) in [7, 11) is 0. The van der Waals surface area contributed by atoms with E-state index in [2.05, 4.69) is 15.9 Å². The highest BCUT2D eigenvalue weighted by atomic mass is 79.9. The predicted molar refractivity (Wildman–Crippen MR) is 50.4 cm³/mol. The van der Waals surface area contributed by atoms with Gasteiger partial charge in [-0.05, 0) is 17.7 Å². The van der Waals surface area contributed by atoms with Crippen LogP contribution in [0.3, 0.4) is 0 Å². The van der Waals surface area contributed by atoms with Gasteiger partial charge in [0, 0.05) is 4.47 Å². The number of benzene rings is 1. The van der Waals surface area contributed by atoms with Crippen molar-refractivity contribution in [3.8, 4) is 0 Å². The Hall–Kier alpha value is -1.11. The number of carbonyl (C=O) groups is 1. The Morgan fingerprint density at radius 1 is 1.38 bits per heavy atom. The highest BCUT2D eigenvalue weighted by Crippen LogP contribution is 2.38. The van der Waals surface area contributed by atoms with Crippen molar-refractivity contribution in [2.75, 3.05) is 0 Å². The van der Waals surface area contributed by atoms with Crippen molar-refractivity contribution >= 4 is 21.9 Å². The van der Waals surface area contributed by atoms with Gasteiger partial charge in [0.15, 0.2) is 0 Å². The summed E-state index contributed by atoms with van der Waals surface area (Å²) in [5.74, 6) is -2.38. The standard InChI is InChI=1S/C9H5BrF4O2/c10-6-3-5(11)1-4(2-7(15)16)8(6)9(12,13)14/h1,3H,2H2,(H,15,16). The molecule has 0 aliphatic carbocycles. The molecule has 0 saturated heterocycles. The summed E-state index contributed by atoms with van der Waals surface area (Å²) < 4.78 is 50.0. The minimum absolute atomic E-state index is 0.503. The third kappa shape index (κ3) is 2.94. The monoisotopic (exact) mass is 300 g/mol. The van der Waals surface area contributed by atoms with Gasteiger partial charge in [-0.1, -0.05) is 15.9 Å². The molecule has 0 aliphatic rings. The molecule has 0 amide bonds. The first kappa shape index (κ1) is 13.0. The lowest BCUT2D eigenvalue weighted by Gasteiger charge is -2.13. The van der Waals surface area contributed by atoms with Gasteiger partial charge in [0.1, 0.15) is 5.82 Å². The van der Waals surface area contributed by atoms with Gasteiger partial charge >= 0.3 is 12.1 Å². The lowest BCUT2D eigenvalue weighted by Crippen LogP contribution is -2.13. The lowest BCUT2D eigenvalue weighted by atomic mass is 10.0. The van der Waals surface area contributed by atoms with E-state index in [-0.39, 0.29) is 0 Å². The molecule has 16 heavy (non-hydrogen) atoms. The molecule has 0 fully saturated rings. The molecular weight excluding hydrogens is 296 g/mol. The molecule has 0 radical (unpaired) electrons. The molecule has 0 aromatic heterocycles. The number of rotatable bonds is 2. The van der Waals surface area contributed by atoms with E-state index in [1.807, 2.05) is 0 Å². The van der Waals surface area contributed by atoms with E-state index in [4.69, 9.17) is 5.11 Å². The maximum absolute atomic E-state index is 12.9. The van der Waals surface area contributed by atoms with Crippen LogP contribution in [0.5, 0.6) is 0 Å². The van der Waals surface area contributed by atoms with Crippen molar-refractivity contribution < 1.29 is 27.5 Å². The maximum Gasteiger partial charge on any atom is 0.417 e. The molecule has 0 bridgehead atoms. The van der Waals surface area contributed by atoms with E-state index in [0.717, 1.165) is 0 Å². The van der Waals surface area contributed by atoms with Crippen LogP contribution in [0.4, 0.5) is 17.6 Å². The van der Waals surface area contributed by atoms with Crippen LogP contribution in [0, 0.1) is 5.82 Å². The summed E-state index contributed by atoms with van der Waals surface area (Å²) in [5.41, 5.74) is -1.76. The second-order valence-electron chi connectivity index (χ2n) is 2.99. The van der Waals surface area contributed by atoms with E-state index in [0.29, 0.717) is 12.1 Å². The van der Waals surface area contributed by atoms with Crippen LogP contribution in [-0.4, -0.2) is 11.1 Å². The van der Waals surface area contributed by atoms with E-state index < -0.39 is 40.0 Å². The predicted octanol–water partition coefficient (Wildman–Crippen LogP) is 3.23. The van der Waals surface area contributed by atoms with Gasteiger partial charge in [0.25, 0.3) is 0 Å². The zero-order valence-corrected chi connectivity index (χ0v) is 9.19. The van der Waals surface area contributed by atoms with Crippen molar-refractivity contribution in [2.24, 2.45) is 0 Å². The average molecular weight is 301 g/mol. The van der Waals surface area contributed by atoms with Gasteiger partial charge < -0.3 is 5.11 Å². The smallest absolute Gasteiger partial charge is 0.417 e. The van der Waals surface area contributed by atoms with Crippen LogP contribution in [0.25, 0.3) is 0 Å². The number of alkyl halides is 3. The second-order valence-corrected chi connectivity index (χ2v) is 3.84. The van der Waals surface area contributed by atoms with Crippen molar-refractivity contribution in [2.45, 2.75) is 12.6 Å². The molecule has 2 nitrogen and oxygen atoms in total. The topological polar surface area (TPSA) is 37.3 Å². The number of hydrogen-bond acceptors (Lipinski definition) is 1. The second kappa shape index (κ2) is 4.40. The van der Waals surface area contributed by atoms with Crippen molar-refractivity contribution in [3.63, 3.8) is 0 Å². The summed E-state index contributed by atoms with van der Waals surface area (Å²) in [4.78, 5) is 10.4. The summed E-state index contributed by atoms with van der Waals surface area (Å²) in [6.07, 6.45) is -5.61. The first-order valence-corrected chi connectivity index (χ1v) is 4.78. The summed E-state index contributed by atoms with van der Waals surface area (Å²) in [6.45, 7) is 0. The summed E-state index contributed by atoms with van der Waals surface area (Å²) in [6, 6.07) is 1.22. The Balaban J connectivity index is 3.38. The maximum atomic E-state index is 12.9. The molecule has 1 rings (SSSR count). The number of hydrogen-bond donors (Lipinski definition) is 1. The first-order valence-electron chi connectivity index (χ1n) is 3.98. The number of carboxylic acid groups (broad SMARTS) is 1. The highest BCUT2D eigenvalue weighted by molar-refractivity contribution is 9.10. The molecule has 7 heteroatoms. The number of halogens is 5. The largest absolute Gasteiger partial charge is 0.481 e. The van der Waals surface area contributed by atoms with Crippen LogP contribution in [-0.2, 0) is 17.4 Å². The Labute approximate surface area is 96.0 Å².